The van der Waals surface area contributed by atoms with Gasteiger partial charge in [-0.25, -0.2) is 9.97 Å². The molecule has 0 aliphatic carbocycles. The number of para-hydroxylation sites is 1. The van der Waals surface area contributed by atoms with Crippen molar-refractivity contribution in [3.05, 3.63) is 48.5 Å². The molecular formula is C14H12N4O2. The summed E-state index contributed by atoms with van der Waals surface area (Å²) < 4.78 is 0. The summed E-state index contributed by atoms with van der Waals surface area (Å²) in [4.78, 5) is 22.2. The molecule has 6 heteroatoms. The lowest BCUT2D eigenvalue weighted by molar-refractivity contribution is -0.138. The smallest absolute Gasteiger partial charge is 0.328 e. The molecular weight excluding hydrogens is 256 g/mol. The second-order valence-electron chi connectivity index (χ2n) is 4.36. The Morgan fingerprint density at radius 2 is 2.10 bits per heavy atom. The molecule has 1 atom stereocenters. The van der Waals surface area contributed by atoms with Gasteiger partial charge in [0.1, 0.15) is 0 Å². The third-order valence-electron chi connectivity index (χ3n) is 3.08. The predicted octanol–water partition coefficient (Wildman–Crippen LogP) is 1.71. The van der Waals surface area contributed by atoms with Crippen LogP contribution >= 0.6 is 0 Å². The van der Waals surface area contributed by atoms with E-state index < -0.39 is 12.0 Å². The van der Waals surface area contributed by atoms with Gasteiger partial charge in [0.2, 0.25) is 0 Å². The Kier molecular flexibility index (Phi) is 2.92. The molecule has 2 heterocycles. The Labute approximate surface area is 114 Å². The maximum absolute atomic E-state index is 10.9. The molecule has 0 aliphatic rings. The Bertz CT molecular complexity index is 781. The molecule has 0 fully saturated rings. The average molecular weight is 268 g/mol. The van der Waals surface area contributed by atoms with Crippen molar-refractivity contribution < 1.29 is 9.90 Å². The molecule has 3 aromatic rings. The zero-order chi connectivity index (χ0) is 14.1. The average Bonchev–Trinajstić information content (AvgIpc) is 2.90. The third kappa shape index (κ3) is 2.02. The number of rotatable bonds is 3. The van der Waals surface area contributed by atoms with E-state index in [1.54, 1.807) is 6.07 Å². The molecule has 0 spiro atoms. The number of carboxylic acid groups (broad SMARTS) is 1. The van der Waals surface area contributed by atoms with Crippen LogP contribution in [0.25, 0.3) is 22.2 Å². The normalized spacial score (nSPS) is 12.4. The predicted molar refractivity (Wildman–Crippen MR) is 73.9 cm³/mol. The number of nitrogens with zero attached hydrogens (tertiary/aromatic N) is 2. The minimum absolute atomic E-state index is 0.0975. The van der Waals surface area contributed by atoms with Crippen molar-refractivity contribution in [2.24, 2.45) is 5.73 Å². The Morgan fingerprint density at radius 3 is 2.90 bits per heavy atom. The molecule has 2 aromatic heterocycles. The molecule has 6 nitrogen and oxygen atoms in total. The number of hydrogen-bond donors (Lipinski definition) is 3. The van der Waals surface area contributed by atoms with Gasteiger partial charge in [-0.05, 0) is 12.1 Å². The summed E-state index contributed by atoms with van der Waals surface area (Å²) in [6.07, 6.45) is 3.35. The van der Waals surface area contributed by atoms with Crippen LogP contribution in [-0.2, 0) is 4.79 Å². The van der Waals surface area contributed by atoms with E-state index in [4.69, 9.17) is 10.8 Å². The maximum atomic E-state index is 10.9. The molecule has 0 aliphatic heterocycles. The van der Waals surface area contributed by atoms with Crippen LogP contribution in [-0.4, -0.2) is 26.0 Å². The molecule has 0 radical (unpaired) electrons. The highest BCUT2D eigenvalue weighted by Gasteiger charge is 2.18. The molecule has 4 N–H and O–H groups in total. The fourth-order valence-electron chi connectivity index (χ4n) is 2.07. The fraction of sp³-hybridized carbons (Fsp3) is 0.0714. The number of carboxylic acids is 1. The Hall–Kier alpha value is -2.73. The van der Waals surface area contributed by atoms with Gasteiger partial charge in [-0.15, -0.1) is 0 Å². The molecule has 0 saturated heterocycles. The van der Waals surface area contributed by atoms with Crippen molar-refractivity contribution in [3.63, 3.8) is 0 Å². The van der Waals surface area contributed by atoms with E-state index in [2.05, 4.69) is 15.0 Å². The summed E-state index contributed by atoms with van der Waals surface area (Å²) in [7, 11) is 0. The van der Waals surface area contributed by atoms with Gasteiger partial charge in [0.25, 0.3) is 0 Å². The van der Waals surface area contributed by atoms with Crippen molar-refractivity contribution in [2.45, 2.75) is 6.04 Å². The molecule has 1 unspecified atom stereocenters. The summed E-state index contributed by atoms with van der Waals surface area (Å²) in [6, 6.07) is 8.32. The number of carbonyl (C=O) groups is 1. The van der Waals surface area contributed by atoms with Crippen molar-refractivity contribution in [1.29, 1.82) is 0 Å². The first-order valence-corrected chi connectivity index (χ1v) is 6.04. The van der Waals surface area contributed by atoms with Crippen LogP contribution in [0.15, 0.2) is 42.7 Å². The topological polar surface area (TPSA) is 105 Å². The molecule has 0 bridgehead atoms. The van der Waals surface area contributed by atoms with Gasteiger partial charge < -0.3 is 15.8 Å². The zero-order valence-electron chi connectivity index (χ0n) is 10.4. The van der Waals surface area contributed by atoms with Gasteiger partial charge in [0.05, 0.1) is 5.69 Å². The lowest BCUT2D eigenvalue weighted by Gasteiger charge is -2.06. The Morgan fingerprint density at radius 1 is 1.30 bits per heavy atom. The molecule has 20 heavy (non-hydrogen) atoms. The number of H-pyrrole nitrogens is 1. The number of nitrogens with two attached hydrogens (primary N) is 1. The number of aromatic nitrogens is 3. The van der Waals surface area contributed by atoms with E-state index in [9.17, 15) is 4.79 Å². The van der Waals surface area contributed by atoms with Gasteiger partial charge in [-0.1, -0.05) is 18.2 Å². The largest absolute Gasteiger partial charge is 0.480 e. The summed E-state index contributed by atoms with van der Waals surface area (Å²) in [5, 5.41) is 9.93. The van der Waals surface area contributed by atoms with Crippen LogP contribution in [0.2, 0.25) is 0 Å². The summed E-state index contributed by atoms with van der Waals surface area (Å²) in [6.45, 7) is 0. The number of aliphatic carboxylic acids is 1. The molecule has 3 rings (SSSR count). The van der Waals surface area contributed by atoms with Crippen molar-refractivity contribution in [2.75, 3.05) is 0 Å². The fourth-order valence-corrected chi connectivity index (χ4v) is 2.07. The third-order valence-corrected chi connectivity index (χ3v) is 3.08. The van der Waals surface area contributed by atoms with Crippen LogP contribution in [0, 0.1) is 0 Å². The molecule has 0 saturated carbocycles. The molecule has 0 amide bonds. The SMILES string of the molecule is NC(C(=O)O)c1nccc(-c2c[nH]c3ccccc23)n1. The minimum atomic E-state index is -1.22. The number of hydrogen-bond acceptors (Lipinski definition) is 4. The van der Waals surface area contributed by atoms with E-state index in [-0.39, 0.29) is 5.82 Å². The van der Waals surface area contributed by atoms with Gasteiger partial charge in [0.15, 0.2) is 11.9 Å². The van der Waals surface area contributed by atoms with Crippen molar-refractivity contribution in [1.82, 2.24) is 15.0 Å². The van der Waals surface area contributed by atoms with E-state index >= 15 is 0 Å². The summed E-state index contributed by atoms with van der Waals surface area (Å²) in [5.41, 5.74) is 8.06. The monoisotopic (exact) mass is 268 g/mol. The number of nitrogens with one attached hydrogen (secondary N) is 1. The van der Waals surface area contributed by atoms with Gasteiger partial charge in [-0.3, -0.25) is 4.79 Å². The Balaban J connectivity index is 2.11. The number of fused-ring (bicyclic) bond motifs is 1. The van der Waals surface area contributed by atoms with Crippen LogP contribution < -0.4 is 5.73 Å². The standard InChI is InChI=1S/C14H12N4O2/c15-12(14(19)20)13-16-6-5-11(18-13)9-7-17-10-4-2-1-3-8(9)10/h1-7,12,17H,15H2,(H,19,20). The van der Waals surface area contributed by atoms with Crippen LogP contribution in [0.5, 0.6) is 0 Å². The maximum Gasteiger partial charge on any atom is 0.328 e. The van der Waals surface area contributed by atoms with Gasteiger partial charge in [0, 0.05) is 28.9 Å². The zero-order valence-corrected chi connectivity index (χ0v) is 10.4. The first-order chi connectivity index (χ1) is 9.66. The summed E-state index contributed by atoms with van der Waals surface area (Å²) in [5.74, 6) is -1.05. The van der Waals surface area contributed by atoms with Gasteiger partial charge >= 0.3 is 5.97 Å². The van der Waals surface area contributed by atoms with Crippen LogP contribution in [0.4, 0.5) is 0 Å². The molecule has 1 aromatic carbocycles. The quantitative estimate of drug-likeness (QED) is 0.670. The van der Waals surface area contributed by atoms with E-state index in [0.717, 1.165) is 16.5 Å². The van der Waals surface area contributed by atoms with E-state index in [1.165, 1.54) is 6.20 Å². The van der Waals surface area contributed by atoms with Gasteiger partial charge in [-0.2, -0.15) is 0 Å². The lowest BCUT2D eigenvalue weighted by atomic mass is 10.1. The van der Waals surface area contributed by atoms with Crippen LogP contribution in [0.3, 0.4) is 0 Å². The highest BCUT2D eigenvalue weighted by atomic mass is 16.4. The first kappa shape index (κ1) is 12.3. The second-order valence-corrected chi connectivity index (χ2v) is 4.36. The molecule has 100 valence electrons. The second kappa shape index (κ2) is 4.75. The highest BCUT2D eigenvalue weighted by molar-refractivity contribution is 5.94. The highest BCUT2D eigenvalue weighted by Crippen LogP contribution is 2.27. The minimum Gasteiger partial charge on any atom is -0.480 e. The number of aromatic amines is 1. The first-order valence-electron chi connectivity index (χ1n) is 6.04. The van der Waals surface area contributed by atoms with Crippen molar-refractivity contribution >= 4 is 16.9 Å². The van der Waals surface area contributed by atoms with E-state index in [0.29, 0.717) is 5.69 Å². The number of benzene rings is 1. The van der Waals surface area contributed by atoms with Crippen LogP contribution in [0.1, 0.15) is 11.9 Å². The summed E-state index contributed by atoms with van der Waals surface area (Å²) >= 11 is 0. The lowest BCUT2D eigenvalue weighted by Crippen LogP contribution is -2.23. The van der Waals surface area contributed by atoms with Crippen molar-refractivity contribution in [3.8, 4) is 11.3 Å². The van der Waals surface area contributed by atoms with E-state index in [1.807, 2.05) is 30.5 Å².